The van der Waals surface area contributed by atoms with Gasteiger partial charge in [-0.3, -0.25) is 4.79 Å². The summed E-state index contributed by atoms with van der Waals surface area (Å²) < 4.78 is 0. The Hall–Kier alpha value is -2.27. The highest BCUT2D eigenvalue weighted by Gasteiger charge is 2.09. The van der Waals surface area contributed by atoms with E-state index in [4.69, 9.17) is 0 Å². The van der Waals surface area contributed by atoms with Crippen molar-refractivity contribution in [2.75, 3.05) is 5.32 Å². The van der Waals surface area contributed by atoms with Crippen molar-refractivity contribution in [1.29, 1.82) is 0 Å². The molecule has 0 aliphatic rings. The molecule has 1 amide bonds. The molecule has 1 N–H and O–H groups in total. The minimum atomic E-state index is -0.0718. The molecule has 0 saturated heterocycles. The molecule has 0 fully saturated rings. The van der Waals surface area contributed by atoms with Gasteiger partial charge in [0.05, 0.1) is 6.42 Å². The first-order chi connectivity index (χ1) is 9.72. The summed E-state index contributed by atoms with van der Waals surface area (Å²) >= 11 is 1.38. The van der Waals surface area contributed by atoms with E-state index < -0.39 is 0 Å². The summed E-state index contributed by atoms with van der Waals surface area (Å²) in [7, 11) is 0. The van der Waals surface area contributed by atoms with Gasteiger partial charge in [-0.1, -0.05) is 53.8 Å². The molecule has 4 nitrogen and oxygen atoms in total. The largest absolute Gasteiger partial charge is 0.300 e. The summed E-state index contributed by atoms with van der Waals surface area (Å²) in [5.74, 6) is -0.0718. The van der Waals surface area contributed by atoms with E-state index in [1.165, 1.54) is 11.3 Å². The number of nitrogens with one attached hydrogen (secondary N) is 1. The smallest absolute Gasteiger partial charge is 0.230 e. The highest BCUT2D eigenvalue weighted by Crippen LogP contribution is 2.20. The molecule has 2 aromatic carbocycles. The highest BCUT2D eigenvalue weighted by atomic mass is 32.1. The zero-order valence-electron chi connectivity index (χ0n) is 11.0. The molecule has 0 aliphatic heterocycles. The van der Waals surface area contributed by atoms with Crippen molar-refractivity contribution in [3.8, 4) is 0 Å². The summed E-state index contributed by atoms with van der Waals surface area (Å²) in [4.78, 5) is 12.1. The molecule has 3 aromatic rings. The molecule has 5 heteroatoms. The number of hydrogen-bond donors (Lipinski definition) is 1. The van der Waals surface area contributed by atoms with Crippen molar-refractivity contribution in [2.24, 2.45) is 0 Å². The summed E-state index contributed by atoms with van der Waals surface area (Å²) in [5.41, 5.74) is 1.02. The van der Waals surface area contributed by atoms with E-state index in [9.17, 15) is 4.79 Å². The number of hydrogen-bond acceptors (Lipinski definition) is 4. The predicted molar refractivity (Wildman–Crippen MR) is 80.9 cm³/mol. The number of benzene rings is 2. The minimum Gasteiger partial charge on any atom is -0.300 e. The van der Waals surface area contributed by atoms with E-state index in [1.54, 1.807) is 0 Å². The lowest BCUT2D eigenvalue weighted by molar-refractivity contribution is -0.115. The van der Waals surface area contributed by atoms with Crippen LogP contribution in [0.1, 0.15) is 10.6 Å². The van der Waals surface area contributed by atoms with Gasteiger partial charge in [0, 0.05) is 0 Å². The van der Waals surface area contributed by atoms with Crippen molar-refractivity contribution in [1.82, 2.24) is 10.2 Å². The summed E-state index contributed by atoms with van der Waals surface area (Å²) in [6, 6.07) is 14.1. The number of aryl methyl sites for hydroxylation is 1. The monoisotopic (exact) mass is 283 g/mol. The van der Waals surface area contributed by atoms with Crippen LogP contribution in [0.4, 0.5) is 5.13 Å². The third-order valence-corrected chi connectivity index (χ3v) is 3.76. The van der Waals surface area contributed by atoms with Crippen LogP contribution in [-0.2, 0) is 11.2 Å². The van der Waals surface area contributed by atoms with Crippen LogP contribution in [0.2, 0.25) is 0 Å². The molecular formula is C15H13N3OS. The van der Waals surface area contributed by atoms with Crippen molar-refractivity contribution >= 4 is 33.1 Å². The summed E-state index contributed by atoms with van der Waals surface area (Å²) in [5, 5.41) is 14.2. The molecule has 0 unspecified atom stereocenters. The molecule has 0 radical (unpaired) electrons. The number of carbonyl (C=O) groups excluding carboxylic acids is 1. The first-order valence-electron chi connectivity index (χ1n) is 6.29. The van der Waals surface area contributed by atoms with Gasteiger partial charge in [-0.2, -0.15) is 0 Å². The predicted octanol–water partition coefficient (Wildman–Crippen LogP) is 3.18. The molecular weight excluding hydrogens is 270 g/mol. The van der Waals surface area contributed by atoms with Gasteiger partial charge in [-0.05, 0) is 23.3 Å². The van der Waals surface area contributed by atoms with Crippen LogP contribution in [0.15, 0.2) is 42.5 Å². The molecule has 0 atom stereocenters. The van der Waals surface area contributed by atoms with Gasteiger partial charge in [0.25, 0.3) is 0 Å². The van der Waals surface area contributed by atoms with E-state index in [1.807, 2.05) is 49.4 Å². The zero-order valence-corrected chi connectivity index (χ0v) is 11.8. The molecule has 1 heterocycles. The maximum Gasteiger partial charge on any atom is 0.230 e. The molecule has 100 valence electrons. The van der Waals surface area contributed by atoms with E-state index in [2.05, 4.69) is 15.5 Å². The molecule has 3 rings (SSSR count). The third-order valence-electron chi connectivity index (χ3n) is 3.00. The zero-order chi connectivity index (χ0) is 13.9. The second-order valence-corrected chi connectivity index (χ2v) is 5.67. The van der Waals surface area contributed by atoms with Crippen molar-refractivity contribution in [2.45, 2.75) is 13.3 Å². The van der Waals surface area contributed by atoms with Crippen LogP contribution in [-0.4, -0.2) is 16.1 Å². The van der Waals surface area contributed by atoms with Gasteiger partial charge in [-0.15, -0.1) is 10.2 Å². The van der Waals surface area contributed by atoms with Gasteiger partial charge in [0.15, 0.2) is 0 Å². The number of nitrogens with zero attached hydrogens (tertiary/aromatic N) is 2. The van der Waals surface area contributed by atoms with Crippen LogP contribution < -0.4 is 5.32 Å². The second kappa shape index (κ2) is 5.38. The average molecular weight is 283 g/mol. The number of anilines is 1. The maximum absolute atomic E-state index is 12.1. The number of rotatable bonds is 3. The van der Waals surface area contributed by atoms with Crippen LogP contribution in [0.3, 0.4) is 0 Å². The number of aromatic nitrogens is 2. The highest BCUT2D eigenvalue weighted by molar-refractivity contribution is 7.15. The van der Waals surface area contributed by atoms with Crippen molar-refractivity contribution in [3.05, 3.63) is 53.0 Å². The van der Waals surface area contributed by atoms with Crippen LogP contribution in [0.25, 0.3) is 10.8 Å². The Balaban J connectivity index is 1.81. The van der Waals surface area contributed by atoms with Crippen LogP contribution >= 0.6 is 11.3 Å². The molecule has 0 bridgehead atoms. The molecule has 0 saturated carbocycles. The first kappa shape index (κ1) is 12.7. The second-order valence-electron chi connectivity index (χ2n) is 4.49. The van der Waals surface area contributed by atoms with Crippen molar-refractivity contribution < 1.29 is 4.79 Å². The fourth-order valence-corrected chi connectivity index (χ4v) is 2.74. The Labute approximate surface area is 120 Å². The number of fused-ring (bicyclic) bond motifs is 1. The van der Waals surface area contributed by atoms with E-state index in [0.29, 0.717) is 11.6 Å². The fourth-order valence-electron chi connectivity index (χ4n) is 2.13. The van der Waals surface area contributed by atoms with Gasteiger partial charge in [-0.25, -0.2) is 0 Å². The first-order valence-corrected chi connectivity index (χ1v) is 7.10. The topological polar surface area (TPSA) is 54.9 Å². The Bertz CT molecular complexity index is 761. The maximum atomic E-state index is 12.1. The fraction of sp³-hybridized carbons (Fsp3) is 0.133. The van der Waals surface area contributed by atoms with E-state index >= 15 is 0 Å². The summed E-state index contributed by atoms with van der Waals surface area (Å²) in [6.45, 7) is 1.86. The van der Waals surface area contributed by atoms with Crippen LogP contribution in [0, 0.1) is 6.92 Å². The van der Waals surface area contributed by atoms with Gasteiger partial charge in [0.1, 0.15) is 5.01 Å². The Morgan fingerprint density at radius 1 is 1.15 bits per heavy atom. The lowest BCUT2D eigenvalue weighted by Crippen LogP contribution is -2.14. The Morgan fingerprint density at radius 3 is 2.75 bits per heavy atom. The molecule has 1 aromatic heterocycles. The quantitative estimate of drug-likeness (QED) is 0.803. The molecule has 20 heavy (non-hydrogen) atoms. The van der Waals surface area contributed by atoms with Crippen LogP contribution in [0.5, 0.6) is 0 Å². The lowest BCUT2D eigenvalue weighted by Gasteiger charge is -2.06. The molecule has 0 aliphatic carbocycles. The van der Waals surface area contributed by atoms with Crippen molar-refractivity contribution in [3.63, 3.8) is 0 Å². The molecule has 0 spiro atoms. The average Bonchev–Trinajstić information content (AvgIpc) is 2.84. The number of carbonyl (C=O) groups is 1. The lowest BCUT2D eigenvalue weighted by atomic mass is 10.0. The number of amides is 1. The Morgan fingerprint density at radius 2 is 1.95 bits per heavy atom. The van der Waals surface area contributed by atoms with E-state index in [0.717, 1.165) is 21.3 Å². The third kappa shape index (κ3) is 2.67. The van der Waals surface area contributed by atoms with Gasteiger partial charge < -0.3 is 5.32 Å². The van der Waals surface area contributed by atoms with Gasteiger partial charge in [0.2, 0.25) is 11.0 Å². The minimum absolute atomic E-state index is 0.0718. The standard InChI is InChI=1S/C15H13N3OS/c1-10-17-18-15(20-10)16-14(19)9-12-7-4-6-11-5-2-3-8-13(11)12/h2-8H,9H2,1H3,(H,16,18,19). The van der Waals surface area contributed by atoms with Gasteiger partial charge >= 0.3 is 0 Å². The Kier molecular flexibility index (Phi) is 3.43. The summed E-state index contributed by atoms with van der Waals surface area (Å²) in [6.07, 6.45) is 0.333. The van der Waals surface area contributed by atoms with E-state index in [-0.39, 0.29) is 5.91 Å². The SMILES string of the molecule is Cc1nnc(NC(=O)Cc2cccc3ccccc23)s1. The normalized spacial score (nSPS) is 10.7.